The van der Waals surface area contributed by atoms with Crippen molar-refractivity contribution in [1.29, 1.82) is 0 Å². The molecule has 1 aromatic heterocycles. The Kier molecular flexibility index (Phi) is 4.25. The Bertz CT molecular complexity index is 572. The molecular formula is C17H23N3O. The summed E-state index contributed by atoms with van der Waals surface area (Å²) in [5.74, 6) is 1.65. The number of aromatic nitrogens is 2. The van der Waals surface area contributed by atoms with Crippen molar-refractivity contribution in [3.63, 3.8) is 0 Å². The van der Waals surface area contributed by atoms with Crippen LogP contribution in [0.15, 0.2) is 30.6 Å². The molecule has 4 nitrogen and oxygen atoms in total. The Morgan fingerprint density at radius 1 is 1.33 bits per heavy atom. The minimum atomic E-state index is 0.652. The highest BCUT2D eigenvalue weighted by Gasteiger charge is 2.21. The third-order valence-electron chi connectivity index (χ3n) is 4.41. The number of aryl methyl sites for hydroxylation is 1. The van der Waals surface area contributed by atoms with E-state index in [0.29, 0.717) is 5.92 Å². The van der Waals surface area contributed by atoms with Crippen LogP contribution >= 0.6 is 0 Å². The first-order valence-corrected chi connectivity index (χ1v) is 7.61. The van der Waals surface area contributed by atoms with Crippen LogP contribution in [0.3, 0.4) is 0 Å². The van der Waals surface area contributed by atoms with Gasteiger partial charge in [0.05, 0.1) is 13.3 Å². The molecule has 4 heteroatoms. The third-order valence-corrected chi connectivity index (χ3v) is 4.41. The zero-order chi connectivity index (χ0) is 14.7. The average molecular weight is 285 g/mol. The largest absolute Gasteiger partial charge is 0.496 e. The molecule has 21 heavy (non-hydrogen) atoms. The predicted octanol–water partition coefficient (Wildman–Crippen LogP) is 3.11. The standard InChI is InChI=1S/C17H23N3O/c1-13-3-4-17(21-2)15(9-13)12-20-7-5-14(6-8-20)16-10-18-19-11-16/h3-4,9-11,14H,5-8,12H2,1-2H3,(H,18,19). The lowest BCUT2D eigenvalue weighted by molar-refractivity contribution is 0.202. The molecule has 1 fully saturated rings. The van der Waals surface area contributed by atoms with Gasteiger partial charge in [-0.15, -0.1) is 0 Å². The van der Waals surface area contributed by atoms with Crippen molar-refractivity contribution in [3.05, 3.63) is 47.3 Å². The molecule has 0 bridgehead atoms. The quantitative estimate of drug-likeness (QED) is 0.938. The summed E-state index contributed by atoms with van der Waals surface area (Å²) in [5, 5.41) is 6.98. The third kappa shape index (κ3) is 3.27. The number of methoxy groups -OCH3 is 1. The van der Waals surface area contributed by atoms with Crippen molar-refractivity contribution in [3.8, 4) is 5.75 Å². The van der Waals surface area contributed by atoms with E-state index in [4.69, 9.17) is 4.74 Å². The molecular weight excluding hydrogens is 262 g/mol. The van der Waals surface area contributed by atoms with Gasteiger partial charge in [-0.25, -0.2) is 0 Å². The van der Waals surface area contributed by atoms with Crippen LogP contribution in [0, 0.1) is 6.92 Å². The van der Waals surface area contributed by atoms with Gasteiger partial charge in [0.2, 0.25) is 0 Å². The number of rotatable bonds is 4. The Morgan fingerprint density at radius 2 is 2.14 bits per heavy atom. The zero-order valence-corrected chi connectivity index (χ0v) is 12.8. The van der Waals surface area contributed by atoms with Crippen LogP contribution in [0.2, 0.25) is 0 Å². The fourth-order valence-electron chi connectivity index (χ4n) is 3.18. The molecule has 0 amide bonds. The summed E-state index contributed by atoms with van der Waals surface area (Å²) in [6, 6.07) is 6.41. The van der Waals surface area contributed by atoms with Crippen LogP contribution in [0.5, 0.6) is 5.75 Å². The van der Waals surface area contributed by atoms with Gasteiger partial charge in [0.15, 0.2) is 0 Å². The minimum absolute atomic E-state index is 0.652. The van der Waals surface area contributed by atoms with Crippen molar-refractivity contribution in [1.82, 2.24) is 15.1 Å². The molecule has 0 aliphatic carbocycles. The molecule has 1 aliphatic rings. The second-order valence-electron chi connectivity index (χ2n) is 5.90. The van der Waals surface area contributed by atoms with Crippen LogP contribution in [-0.4, -0.2) is 35.3 Å². The van der Waals surface area contributed by atoms with Crippen LogP contribution in [-0.2, 0) is 6.54 Å². The Morgan fingerprint density at radius 3 is 2.81 bits per heavy atom. The number of H-pyrrole nitrogens is 1. The van der Waals surface area contributed by atoms with E-state index in [2.05, 4.69) is 40.2 Å². The van der Waals surface area contributed by atoms with Crippen molar-refractivity contribution in [2.24, 2.45) is 0 Å². The predicted molar refractivity (Wildman–Crippen MR) is 83.6 cm³/mol. The van der Waals surface area contributed by atoms with Crippen molar-refractivity contribution >= 4 is 0 Å². The molecule has 0 saturated carbocycles. The van der Waals surface area contributed by atoms with Gasteiger partial charge in [0.25, 0.3) is 0 Å². The van der Waals surface area contributed by atoms with E-state index < -0.39 is 0 Å². The molecule has 0 unspecified atom stereocenters. The van der Waals surface area contributed by atoms with E-state index in [9.17, 15) is 0 Å². The number of nitrogens with zero attached hydrogens (tertiary/aromatic N) is 2. The highest BCUT2D eigenvalue weighted by molar-refractivity contribution is 5.36. The van der Waals surface area contributed by atoms with Gasteiger partial charge >= 0.3 is 0 Å². The molecule has 0 spiro atoms. The Hall–Kier alpha value is -1.81. The van der Waals surface area contributed by atoms with Crippen LogP contribution in [0.25, 0.3) is 0 Å². The van der Waals surface area contributed by atoms with Gasteiger partial charge in [-0.3, -0.25) is 10.00 Å². The van der Waals surface area contributed by atoms with Gasteiger partial charge in [-0.1, -0.05) is 17.7 Å². The second kappa shape index (κ2) is 6.31. The lowest BCUT2D eigenvalue weighted by Crippen LogP contribution is -2.32. The number of benzene rings is 1. The van der Waals surface area contributed by atoms with Gasteiger partial charge in [-0.05, 0) is 50.4 Å². The van der Waals surface area contributed by atoms with Crippen LogP contribution in [0.1, 0.15) is 35.4 Å². The number of piperidine rings is 1. The SMILES string of the molecule is COc1ccc(C)cc1CN1CCC(c2cn[nH]c2)CC1. The van der Waals surface area contributed by atoms with Crippen LogP contribution in [0.4, 0.5) is 0 Å². The lowest BCUT2D eigenvalue weighted by Gasteiger charge is -2.31. The van der Waals surface area contributed by atoms with Crippen molar-refractivity contribution in [2.45, 2.75) is 32.2 Å². The summed E-state index contributed by atoms with van der Waals surface area (Å²) in [5.41, 5.74) is 3.93. The summed E-state index contributed by atoms with van der Waals surface area (Å²) in [6.45, 7) is 5.37. The summed E-state index contributed by atoms with van der Waals surface area (Å²) in [4.78, 5) is 2.52. The van der Waals surface area contributed by atoms with Gasteiger partial charge < -0.3 is 4.74 Å². The van der Waals surface area contributed by atoms with E-state index in [1.54, 1.807) is 7.11 Å². The first-order valence-electron chi connectivity index (χ1n) is 7.61. The van der Waals surface area contributed by atoms with Gasteiger partial charge in [0, 0.05) is 18.3 Å². The van der Waals surface area contributed by atoms with E-state index >= 15 is 0 Å². The molecule has 0 atom stereocenters. The fraction of sp³-hybridized carbons (Fsp3) is 0.471. The summed E-state index contributed by atoms with van der Waals surface area (Å²) < 4.78 is 5.48. The Balaban J connectivity index is 1.62. The monoisotopic (exact) mass is 285 g/mol. The molecule has 3 rings (SSSR count). The number of aromatic amines is 1. The lowest BCUT2D eigenvalue weighted by atomic mass is 9.91. The van der Waals surface area contributed by atoms with Gasteiger partial charge in [0.1, 0.15) is 5.75 Å². The van der Waals surface area contributed by atoms with Crippen LogP contribution < -0.4 is 4.74 Å². The molecule has 1 aromatic carbocycles. The highest BCUT2D eigenvalue weighted by atomic mass is 16.5. The molecule has 112 valence electrons. The first kappa shape index (κ1) is 14.1. The number of hydrogen-bond donors (Lipinski definition) is 1. The smallest absolute Gasteiger partial charge is 0.123 e. The maximum atomic E-state index is 5.48. The normalized spacial score (nSPS) is 17.0. The molecule has 1 saturated heterocycles. The summed E-state index contributed by atoms with van der Waals surface area (Å²) >= 11 is 0. The molecule has 2 aromatic rings. The average Bonchev–Trinajstić information content (AvgIpc) is 3.03. The van der Waals surface area contributed by atoms with E-state index in [1.165, 1.54) is 29.5 Å². The second-order valence-corrected chi connectivity index (χ2v) is 5.90. The maximum absolute atomic E-state index is 5.48. The molecule has 1 aliphatic heterocycles. The van der Waals surface area contributed by atoms with E-state index in [0.717, 1.165) is 25.4 Å². The number of hydrogen-bond acceptors (Lipinski definition) is 3. The number of nitrogens with one attached hydrogen (secondary N) is 1. The summed E-state index contributed by atoms with van der Waals surface area (Å²) in [7, 11) is 1.75. The topological polar surface area (TPSA) is 41.1 Å². The van der Waals surface area contributed by atoms with Gasteiger partial charge in [-0.2, -0.15) is 5.10 Å². The van der Waals surface area contributed by atoms with E-state index in [-0.39, 0.29) is 0 Å². The molecule has 0 radical (unpaired) electrons. The fourth-order valence-corrected chi connectivity index (χ4v) is 3.18. The molecule has 1 N–H and O–H groups in total. The molecule has 2 heterocycles. The first-order chi connectivity index (χ1) is 10.3. The maximum Gasteiger partial charge on any atom is 0.123 e. The minimum Gasteiger partial charge on any atom is -0.496 e. The van der Waals surface area contributed by atoms with Crippen molar-refractivity contribution < 1.29 is 4.74 Å². The van der Waals surface area contributed by atoms with E-state index in [1.807, 2.05) is 12.4 Å². The van der Waals surface area contributed by atoms with Crippen molar-refractivity contribution in [2.75, 3.05) is 20.2 Å². The summed E-state index contributed by atoms with van der Waals surface area (Å²) in [6.07, 6.45) is 6.40. The Labute approximate surface area is 126 Å². The zero-order valence-electron chi connectivity index (χ0n) is 12.8. The number of ether oxygens (including phenoxy) is 1. The highest BCUT2D eigenvalue weighted by Crippen LogP contribution is 2.29. The number of likely N-dealkylation sites (tertiary alicyclic amines) is 1.